The number of para-hydroxylation sites is 1. The molecule has 114 valence electrons. The Morgan fingerprint density at radius 2 is 1.86 bits per heavy atom. The van der Waals surface area contributed by atoms with Gasteiger partial charge in [-0.15, -0.1) is 6.58 Å². The molecule has 21 heavy (non-hydrogen) atoms. The normalized spacial score (nSPS) is 10.8. The Morgan fingerprint density at radius 1 is 1.24 bits per heavy atom. The first kappa shape index (κ1) is 17.0. The zero-order valence-electron chi connectivity index (χ0n) is 13.1. The van der Waals surface area contributed by atoms with E-state index in [9.17, 15) is 9.59 Å². The second-order valence-corrected chi connectivity index (χ2v) is 5.88. The van der Waals surface area contributed by atoms with Crippen LogP contribution in [0.25, 0.3) is 0 Å². The van der Waals surface area contributed by atoms with Crippen LogP contribution in [0.4, 0.5) is 5.69 Å². The number of rotatable bonds is 6. The molecule has 4 nitrogen and oxygen atoms in total. The van der Waals surface area contributed by atoms with Crippen molar-refractivity contribution in [1.82, 2.24) is 5.32 Å². The van der Waals surface area contributed by atoms with E-state index < -0.39 is 5.41 Å². The third-order valence-corrected chi connectivity index (χ3v) is 2.99. The van der Waals surface area contributed by atoms with Crippen LogP contribution >= 0.6 is 0 Å². The van der Waals surface area contributed by atoms with Gasteiger partial charge in [-0.3, -0.25) is 9.59 Å². The molecule has 0 aliphatic carbocycles. The van der Waals surface area contributed by atoms with E-state index in [4.69, 9.17) is 0 Å². The first-order chi connectivity index (χ1) is 9.86. The highest BCUT2D eigenvalue weighted by molar-refractivity contribution is 5.94. The van der Waals surface area contributed by atoms with Gasteiger partial charge in [-0.1, -0.05) is 45.0 Å². The molecule has 0 atom stereocenters. The Labute approximate surface area is 126 Å². The Hall–Kier alpha value is -2.10. The molecule has 0 bridgehead atoms. The van der Waals surface area contributed by atoms with E-state index in [1.54, 1.807) is 11.0 Å². The molecule has 1 aromatic rings. The van der Waals surface area contributed by atoms with E-state index in [1.807, 2.05) is 51.1 Å². The van der Waals surface area contributed by atoms with Crippen LogP contribution < -0.4 is 10.2 Å². The summed E-state index contributed by atoms with van der Waals surface area (Å²) in [6.07, 6.45) is 1.96. The molecule has 1 aromatic carbocycles. The summed E-state index contributed by atoms with van der Waals surface area (Å²) < 4.78 is 0. The topological polar surface area (TPSA) is 49.4 Å². The standard InChI is InChI=1S/C17H24N2O2/c1-5-13-19(14-9-7-6-8-10-14)15(20)11-12-18-16(21)17(2,3)4/h5-10H,1,11-13H2,2-4H3,(H,18,21). The average molecular weight is 288 g/mol. The number of hydrogen-bond acceptors (Lipinski definition) is 2. The van der Waals surface area contributed by atoms with Gasteiger partial charge >= 0.3 is 0 Å². The van der Waals surface area contributed by atoms with E-state index in [0.29, 0.717) is 13.1 Å². The van der Waals surface area contributed by atoms with Crippen molar-refractivity contribution in [2.45, 2.75) is 27.2 Å². The molecule has 0 heterocycles. The zero-order valence-corrected chi connectivity index (χ0v) is 13.1. The zero-order chi connectivity index (χ0) is 15.9. The monoisotopic (exact) mass is 288 g/mol. The number of carbonyl (C=O) groups is 2. The molecular weight excluding hydrogens is 264 g/mol. The quantitative estimate of drug-likeness (QED) is 0.818. The molecule has 0 radical (unpaired) electrons. The van der Waals surface area contributed by atoms with Gasteiger partial charge in [-0.25, -0.2) is 0 Å². The summed E-state index contributed by atoms with van der Waals surface area (Å²) in [5.74, 6) is -0.0828. The van der Waals surface area contributed by atoms with Gasteiger partial charge in [0.2, 0.25) is 11.8 Å². The Kier molecular flexibility index (Phi) is 6.15. The van der Waals surface area contributed by atoms with Crippen molar-refractivity contribution in [2.75, 3.05) is 18.0 Å². The van der Waals surface area contributed by atoms with Crippen LogP contribution in [0.15, 0.2) is 43.0 Å². The van der Waals surface area contributed by atoms with Crippen molar-refractivity contribution in [3.63, 3.8) is 0 Å². The third-order valence-electron chi connectivity index (χ3n) is 2.99. The number of amides is 2. The molecule has 0 aromatic heterocycles. The molecule has 2 amide bonds. The lowest BCUT2D eigenvalue weighted by molar-refractivity contribution is -0.128. The minimum atomic E-state index is -0.441. The van der Waals surface area contributed by atoms with E-state index in [0.717, 1.165) is 5.69 Å². The number of nitrogens with one attached hydrogen (secondary N) is 1. The molecule has 0 saturated carbocycles. The van der Waals surface area contributed by atoms with Crippen LogP contribution in [0.2, 0.25) is 0 Å². The van der Waals surface area contributed by atoms with Crippen molar-refractivity contribution >= 4 is 17.5 Å². The Balaban J connectivity index is 2.59. The SMILES string of the molecule is C=CCN(C(=O)CCNC(=O)C(C)(C)C)c1ccccc1. The number of anilines is 1. The molecule has 0 spiro atoms. The molecule has 1 rings (SSSR count). The van der Waals surface area contributed by atoms with Gasteiger partial charge in [0, 0.05) is 30.6 Å². The number of hydrogen-bond donors (Lipinski definition) is 1. The summed E-state index contributed by atoms with van der Waals surface area (Å²) in [6.45, 7) is 10.0. The predicted molar refractivity (Wildman–Crippen MR) is 86.1 cm³/mol. The highest BCUT2D eigenvalue weighted by Crippen LogP contribution is 2.15. The van der Waals surface area contributed by atoms with Crippen molar-refractivity contribution < 1.29 is 9.59 Å². The summed E-state index contributed by atoms with van der Waals surface area (Å²) in [6, 6.07) is 9.45. The van der Waals surface area contributed by atoms with Crippen molar-refractivity contribution in [1.29, 1.82) is 0 Å². The maximum atomic E-state index is 12.3. The number of benzene rings is 1. The van der Waals surface area contributed by atoms with Gasteiger partial charge < -0.3 is 10.2 Å². The van der Waals surface area contributed by atoms with E-state index in [1.165, 1.54) is 0 Å². The largest absolute Gasteiger partial charge is 0.355 e. The predicted octanol–water partition coefficient (Wildman–Crippen LogP) is 2.76. The molecule has 0 aliphatic rings. The first-order valence-electron chi connectivity index (χ1n) is 7.11. The van der Waals surface area contributed by atoms with Crippen LogP contribution in [0.5, 0.6) is 0 Å². The van der Waals surface area contributed by atoms with Crippen LogP contribution in [-0.2, 0) is 9.59 Å². The maximum absolute atomic E-state index is 12.3. The Bertz CT molecular complexity index is 489. The highest BCUT2D eigenvalue weighted by Gasteiger charge is 2.21. The third kappa shape index (κ3) is 5.42. The van der Waals surface area contributed by atoms with E-state index in [-0.39, 0.29) is 18.2 Å². The van der Waals surface area contributed by atoms with E-state index >= 15 is 0 Å². The molecular formula is C17H24N2O2. The fraction of sp³-hybridized carbons (Fsp3) is 0.412. The summed E-state index contributed by atoms with van der Waals surface area (Å²) >= 11 is 0. The molecule has 0 unspecified atom stereocenters. The number of carbonyl (C=O) groups excluding carboxylic acids is 2. The minimum Gasteiger partial charge on any atom is -0.355 e. The van der Waals surface area contributed by atoms with Crippen LogP contribution in [0.3, 0.4) is 0 Å². The van der Waals surface area contributed by atoms with Gasteiger partial charge in [0.05, 0.1) is 0 Å². The molecule has 4 heteroatoms. The smallest absolute Gasteiger partial charge is 0.229 e. The lowest BCUT2D eigenvalue weighted by Crippen LogP contribution is -2.38. The van der Waals surface area contributed by atoms with Crippen molar-refractivity contribution in [2.24, 2.45) is 5.41 Å². The number of nitrogens with zero attached hydrogens (tertiary/aromatic N) is 1. The first-order valence-corrected chi connectivity index (χ1v) is 7.11. The molecule has 0 fully saturated rings. The summed E-state index contributed by atoms with van der Waals surface area (Å²) in [5.41, 5.74) is 0.396. The van der Waals surface area contributed by atoms with Gasteiger partial charge in [0.25, 0.3) is 0 Å². The molecule has 0 aliphatic heterocycles. The fourth-order valence-corrected chi connectivity index (χ4v) is 1.77. The maximum Gasteiger partial charge on any atom is 0.229 e. The van der Waals surface area contributed by atoms with Gasteiger partial charge in [0.15, 0.2) is 0 Å². The highest BCUT2D eigenvalue weighted by atomic mass is 16.2. The lowest BCUT2D eigenvalue weighted by atomic mass is 9.96. The fourth-order valence-electron chi connectivity index (χ4n) is 1.77. The van der Waals surface area contributed by atoms with Gasteiger partial charge in [-0.05, 0) is 12.1 Å². The van der Waals surface area contributed by atoms with Gasteiger partial charge in [-0.2, -0.15) is 0 Å². The minimum absolute atomic E-state index is 0.0321. The van der Waals surface area contributed by atoms with Crippen LogP contribution in [-0.4, -0.2) is 24.9 Å². The Morgan fingerprint density at radius 3 is 2.38 bits per heavy atom. The summed E-state index contributed by atoms with van der Waals surface area (Å²) in [4.78, 5) is 25.7. The average Bonchev–Trinajstić information content (AvgIpc) is 2.44. The molecule has 1 N–H and O–H groups in total. The second-order valence-electron chi connectivity index (χ2n) is 5.88. The van der Waals surface area contributed by atoms with E-state index in [2.05, 4.69) is 11.9 Å². The second kappa shape index (κ2) is 7.62. The summed E-state index contributed by atoms with van der Waals surface area (Å²) in [7, 11) is 0. The molecule has 0 saturated heterocycles. The van der Waals surface area contributed by atoms with Crippen molar-refractivity contribution in [3.8, 4) is 0 Å². The van der Waals surface area contributed by atoms with Gasteiger partial charge in [0.1, 0.15) is 0 Å². The van der Waals surface area contributed by atoms with Crippen molar-refractivity contribution in [3.05, 3.63) is 43.0 Å². The van der Waals surface area contributed by atoms with Crippen LogP contribution in [0, 0.1) is 5.41 Å². The van der Waals surface area contributed by atoms with Crippen LogP contribution in [0.1, 0.15) is 27.2 Å². The lowest BCUT2D eigenvalue weighted by Gasteiger charge is -2.22. The summed E-state index contributed by atoms with van der Waals surface area (Å²) in [5, 5.41) is 2.79.